The van der Waals surface area contributed by atoms with Crippen LogP contribution in [0.4, 0.5) is 0 Å². The normalized spacial score (nSPS) is 12.3. The van der Waals surface area contributed by atoms with Crippen LogP contribution < -0.4 is 5.56 Å². The van der Waals surface area contributed by atoms with Crippen LogP contribution in [0.2, 0.25) is 0 Å². The Morgan fingerprint density at radius 2 is 2.05 bits per heavy atom. The summed E-state index contributed by atoms with van der Waals surface area (Å²) < 4.78 is 5.40. The molecule has 0 aliphatic heterocycles. The maximum atomic E-state index is 11.9. The van der Waals surface area contributed by atoms with Crippen molar-refractivity contribution in [2.24, 2.45) is 0 Å². The number of hydrogen-bond acceptors (Lipinski definition) is 5. The summed E-state index contributed by atoms with van der Waals surface area (Å²) >= 11 is 0. The Morgan fingerprint density at radius 1 is 1.33 bits per heavy atom. The molecule has 2 rings (SSSR count). The number of methoxy groups -OCH3 is 1. The van der Waals surface area contributed by atoms with E-state index in [4.69, 9.17) is 4.74 Å². The number of aliphatic hydroxyl groups excluding tert-OH is 1. The molecular formula is C15H18N2O4. The number of aromatic nitrogens is 2. The third-order valence-electron chi connectivity index (χ3n) is 3.30. The van der Waals surface area contributed by atoms with Gasteiger partial charge in [0.25, 0.3) is 5.56 Å². The van der Waals surface area contributed by atoms with E-state index in [2.05, 4.69) is 4.98 Å². The second kappa shape index (κ2) is 7.01. The molecule has 6 nitrogen and oxygen atoms in total. The molecule has 0 fully saturated rings. The number of hydrogen-bond donors (Lipinski definition) is 2. The standard InChI is InChI=1S/C15H18N2O4/c1-21-10-13-8-16-14(17(20)15(13)19)7-12(9-18)11-5-3-2-4-6-11/h2-6,8,12,18,20H,7,9-10H2,1H3. The average Bonchev–Trinajstić information content (AvgIpc) is 2.52. The average molecular weight is 290 g/mol. The molecule has 1 unspecified atom stereocenters. The Labute approximate surface area is 122 Å². The second-order valence-electron chi connectivity index (χ2n) is 4.74. The number of benzene rings is 1. The van der Waals surface area contributed by atoms with Gasteiger partial charge >= 0.3 is 0 Å². The molecule has 1 aromatic carbocycles. The van der Waals surface area contributed by atoms with Crippen LogP contribution in [0.3, 0.4) is 0 Å². The van der Waals surface area contributed by atoms with Gasteiger partial charge in [-0.15, -0.1) is 4.73 Å². The van der Waals surface area contributed by atoms with Crippen molar-refractivity contribution < 1.29 is 15.1 Å². The van der Waals surface area contributed by atoms with Gasteiger partial charge in [-0.1, -0.05) is 30.3 Å². The van der Waals surface area contributed by atoms with Crippen molar-refractivity contribution in [1.29, 1.82) is 0 Å². The summed E-state index contributed by atoms with van der Waals surface area (Å²) in [5.74, 6) is -0.0208. The summed E-state index contributed by atoms with van der Waals surface area (Å²) in [6, 6.07) is 9.41. The van der Waals surface area contributed by atoms with Crippen LogP contribution in [0.1, 0.15) is 22.9 Å². The van der Waals surface area contributed by atoms with Gasteiger partial charge in [0.05, 0.1) is 18.8 Å². The topological polar surface area (TPSA) is 84.6 Å². The van der Waals surface area contributed by atoms with Gasteiger partial charge in [-0.3, -0.25) is 4.79 Å². The van der Waals surface area contributed by atoms with Gasteiger partial charge in [0.2, 0.25) is 0 Å². The Kier molecular flexibility index (Phi) is 5.08. The number of nitrogens with zero attached hydrogens (tertiary/aromatic N) is 2. The molecule has 2 N–H and O–H groups in total. The zero-order chi connectivity index (χ0) is 15.2. The van der Waals surface area contributed by atoms with E-state index in [-0.39, 0.29) is 36.9 Å². The van der Waals surface area contributed by atoms with E-state index in [0.717, 1.165) is 5.56 Å². The molecule has 0 amide bonds. The Morgan fingerprint density at radius 3 is 2.67 bits per heavy atom. The highest BCUT2D eigenvalue weighted by atomic mass is 16.5. The summed E-state index contributed by atoms with van der Waals surface area (Å²) in [5, 5.41) is 19.4. The van der Waals surface area contributed by atoms with Crippen LogP contribution in [-0.2, 0) is 17.8 Å². The van der Waals surface area contributed by atoms with Gasteiger partial charge in [0, 0.05) is 25.6 Å². The molecule has 112 valence electrons. The Hall–Kier alpha value is -2.18. The van der Waals surface area contributed by atoms with E-state index >= 15 is 0 Å². The Balaban J connectivity index is 2.26. The van der Waals surface area contributed by atoms with Crippen LogP contribution >= 0.6 is 0 Å². The summed E-state index contributed by atoms with van der Waals surface area (Å²) in [7, 11) is 1.46. The Bertz CT molecular complexity index is 640. The minimum atomic E-state index is -0.549. The summed E-state index contributed by atoms with van der Waals surface area (Å²) in [5.41, 5.74) is 0.658. The van der Waals surface area contributed by atoms with E-state index in [1.165, 1.54) is 13.3 Å². The van der Waals surface area contributed by atoms with Gasteiger partial charge in [-0.05, 0) is 5.56 Å². The first-order chi connectivity index (χ1) is 10.2. The summed E-state index contributed by atoms with van der Waals surface area (Å²) in [6.45, 7) is -0.00546. The lowest BCUT2D eigenvalue weighted by Gasteiger charge is -2.15. The zero-order valence-electron chi connectivity index (χ0n) is 11.8. The van der Waals surface area contributed by atoms with Crippen molar-refractivity contribution in [3.63, 3.8) is 0 Å². The first-order valence-corrected chi connectivity index (χ1v) is 6.61. The molecule has 0 saturated heterocycles. The zero-order valence-corrected chi connectivity index (χ0v) is 11.8. The largest absolute Gasteiger partial charge is 0.424 e. The van der Waals surface area contributed by atoms with Gasteiger partial charge in [-0.25, -0.2) is 4.98 Å². The quantitative estimate of drug-likeness (QED) is 0.774. The summed E-state index contributed by atoms with van der Waals surface area (Å²) in [6.07, 6.45) is 1.66. The fourth-order valence-electron chi connectivity index (χ4n) is 2.14. The van der Waals surface area contributed by atoms with E-state index in [0.29, 0.717) is 4.73 Å². The molecule has 1 atom stereocenters. The molecule has 2 aromatic rings. The molecule has 0 saturated carbocycles. The lowest BCUT2D eigenvalue weighted by Crippen LogP contribution is -2.28. The van der Waals surface area contributed by atoms with Crippen LogP contribution in [0.25, 0.3) is 0 Å². The molecule has 1 aromatic heterocycles. The molecule has 0 aliphatic carbocycles. The predicted octanol–water partition coefficient (Wildman–Crippen LogP) is 0.946. The molecule has 1 heterocycles. The van der Waals surface area contributed by atoms with Gasteiger partial charge in [0.1, 0.15) is 5.82 Å². The highest BCUT2D eigenvalue weighted by molar-refractivity contribution is 5.21. The molecule has 6 heteroatoms. The SMILES string of the molecule is COCc1cnc(CC(CO)c2ccccc2)n(O)c1=O. The monoisotopic (exact) mass is 290 g/mol. The van der Waals surface area contributed by atoms with Crippen molar-refractivity contribution in [3.05, 3.63) is 63.8 Å². The van der Waals surface area contributed by atoms with Crippen molar-refractivity contribution in [2.45, 2.75) is 18.9 Å². The molecule has 0 spiro atoms. The predicted molar refractivity (Wildman–Crippen MR) is 76.4 cm³/mol. The van der Waals surface area contributed by atoms with Gasteiger partial charge in [0.15, 0.2) is 0 Å². The molecule has 0 bridgehead atoms. The highest BCUT2D eigenvalue weighted by Crippen LogP contribution is 2.18. The number of ether oxygens (including phenoxy) is 1. The smallest absolute Gasteiger partial charge is 0.291 e. The van der Waals surface area contributed by atoms with E-state index in [1.54, 1.807) is 0 Å². The maximum absolute atomic E-state index is 11.9. The molecular weight excluding hydrogens is 272 g/mol. The van der Waals surface area contributed by atoms with Crippen LogP contribution in [-0.4, -0.2) is 33.7 Å². The lowest BCUT2D eigenvalue weighted by atomic mass is 9.96. The van der Waals surface area contributed by atoms with Crippen molar-refractivity contribution in [2.75, 3.05) is 13.7 Å². The highest BCUT2D eigenvalue weighted by Gasteiger charge is 2.16. The number of aliphatic hydroxyl groups is 1. The maximum Gasteiger partial charge on any atom is 0.291 e. The third kappa shape index (κ3) is 3.48. The third-order valence-corrected chi connectivity index (χ3v) is 3.30. The number of rotatable bonds is 6. The van der Waals surface area contributed by atoms with Crippen LogP contribution in [0.15, 0.2) is 41.3 Å². The van der Waals surface area contributed by atoms with E-state index in [1.807, 2.05) is 30.3 Å². The van der Waals surface area contributed by atoms with E-state index in [9.17, 15) is 15.1 Å². The van der Waals surface area contributed by atoms with Crippen LogP contribution in [0.5, 0.6) is 0 Å². The van der Waals surface area contributed by atoms with Crippen LogP contribution in [0, 0.1) is 0 Å². The van der Waals surface area contributed by atoms with E-state index < -0.39 is 5.56 Å². The first kappa shape index (κ1) is 15.2. The molecule has 0 radical (unpaired) electrons. The fraction of sp³-hybridized carbons (Fsp3) is 0.333. The summed E-state index contributed by atoms with van der Waals surface area (Å²) in [4.78, 5) is 16.0. The van der Waals surface area contributed by atoms with Crippen molar-refractivity contribution >= 4 is 0 Å². The van der Waals surface area contributed by atoms with Gasteiger partial charge in [-0.2, -0.15) is 0 Å². The van der Waals surface area contributed by atoms with Gasteiger partial charge < -0.3 is 15.1 Å². The second-order valence-corrected chi connectivity index (χ2v) is 4.74. The molecule has 21 heavy (non-hydrogen) atoms. The first-order valence-electron chi connectivity index (χ1n) is 6.61. The van der Waals surface area contributed by atoms with Crippen molar-refractivity contribution in [1.82, 2.24) is 9.71 Å². The lowest BCUT2D eigenvalue weighted by molar-refractivity contribution is 0.145. The fourth-order valence-corrected chi connectivity index (χ4v) is 2.14. The minimum Gasteiger partial charge on any atom is -0.424 e. The minimum absolute atomic E-state index is 0.0921. The molecule has 0 aliphatic rings. The van der Waals surface area contributed by atoms with Crippen molar-refractivity contribution in [3.8, 4) is 0 Å².